The molecule has 0 aliphatic rings. The van der Waals surface area contributed by atoms with Crippen LogP contribution in [0.15, 0.2) is 56.6 Å². The van der Waals surface area contributed by atoms with Gasteiger partial charge >= 0.3 is 11.1 Å². The molecule has 0 amide bonds. The maximum atomic E-state index is 11.9. The van der Waals surface area contributed by atoms with Crippen LogP contribution >= 0.6 is 11.6 Å². The predicted molar refractivity (Wildman–Crippen MR) is 98.2 cm³/mol. The fraction of sp³-hybridized carbons (Fsp3) is 0.111. The maximum absolute atomic E-state index is 11.9. The van der Waals surface area contributed by atoms with Crippen LogP contribution in [0.3, 0.4) is 0 Å². The van der Waals surface area contributed by atoms with Gasteiger partial charge in [-0.3, -0.25) is 9.59 Å². The highest BCUT2D eigenvalue weighted by atomic mass is 35.5. The number of hydrogen-bond acceptors (Lipinski definition) is 5. The Bertz CT molecular complexity index is 1220. The number of H-pyrrole nitrogens is 1. The summed E-state index contributed by atoms with van der Waals surface area (Å²) in [7, 11) is 0. The highest BCUT2D eigenvalue weighted by Gasteiger charge is 2.13. The van der Waals surface area contributed by atoms with Crippen molar-refractivity contribution in [2.24, 2.45) is 0 Å². The zero-order valence-electron chi connectivity index (χ0n) is 13.7. The number of nitrogens with zero attached hydrogens (tertiary/aromatic N) is 3. The van der Waals surface area contributed by atoms with Gasteiger partial charge in [-0.05, 0) is 49.4 Å². The highest BCUT2D eigenvalue weighted by Crippen LogP contribution is 2.25. The van der Waals surface area contributed by atoms with E-state index in [9.17, 15) is 9.59 Å². The Kier molecular flexibility index (Phi) is 3.93. The molecule has 130 valence electrons. The van der Waals surface area contributed by atoms with Crippen LogP contribution in [0, 0.1) is 0 Å². The van der Waals surface area contributed by atoms with Crippen molar-refractivity contribution in [1.82, 2.24) is 19.7 Å². The van der Waals surface area contributed by atoms with Crippen LogP contribution in [0.25, 0.3) is 33.9 Å². The number of aryl methyl sites for hydroxylation is 1. The first-order chi connectivity index (χ1) is 12.6. The van der Waals surface area contributed by atoms with E-state index in [0.717, 1.165) is 5.56 Å². The van der Waals surface area contributed by atoms with E-state index >= 15 is 0 Å². The van der Waals surface area contributed by atoms with Gasteiger partial charge in [0.2, 0.25) is 5.82 Å². The van der Waals surface area contributed by atoms with Crippen molar-refractivity contribution >= 4 is 22.6 Å². The first kappa shape index (κ1) is 16.3. The van der Waals surface area contributed by atoms with Crippen molar-refractivity contribution in [2.45, 2.75) is 13.5 Å². The number of nitrogens with one attached hydrogen (secondary N) is 1. The average molecular weight is 369 g/mol. The summed E-state index contributed by atoms with van der Waals surface area (Å²) in [5.74, 6) is 0.746. The monoisotopic (exact) mass is 368 g/mol. The summed E-state index contributed by atoms with van der Waals surface area (Å²) in [6.07, 6.45) is 0. The van der Waals surface area contributed by atoms with E-state index in [2.05, 4.69) is 15.1 Å². The van der Waals surface area contributed by atoms with Crippen LogP contribution in [0.5, 0.6) is 0 Å². The fourth-order valence-electron chi connectivity index (χ4n) is 2.78. The molecule has 2 aromatic heterocycles. The molecule has 0 fully saturated rings. The van der Waals surface area contributed by atoms with E-state index < -0.39 is 11.1 Å². The molecular weight excluding hydrogens is 356 g/mol. The van der Waals surface area contributed by atoms with Crippen molar-refractivity contribution in [2.75, 3.05) is 0 Å². The largest absolute Gasteiger partial charge is 0.334 e. The van der Waals surface area contributed by atoms with E-state index in [0.29, 0.717) is 39.9 Å². The first-order valence-electron chi connectivity index (χ1n) is 7.93. The van der Waals surface area contributed by atoms with Gasteiger partial charge in [0, 0.05) is 22.7 Å². The quantitative estimate of drug-likeness (QED) is 0.561. The standard InChI is InChI=1S/C18H13ClN4O3/c1-2-23-14-8-5-11(9-13(14)20-16(24)18(23)25)15-21-17(26-22-15)10-3-6-12(19)7-4-10/h3-9H,2H2,1H3,(H,20,24). The molecule has 0 saturated carbocycles. The van der Waals surface area contributed by atoms with Crippen molar-refractivity contribution in [3.8, 4) is 22.8 Å². The third-order valence-corrected chi connectivity index (χ3v) is 4.32. The average Bonchev–Trinajstić information content (AvgIpc) is 3.13. The Hall–Kier alpha value is -3.19. The Morgan fingerprint density at radius 1 is 1.12 bits per heavy atom. The van der Waals surface area contributed by atoms with Crippen LogP contribution in [0.1, 0.15) is 6.92 Å². The van der Waals surface area contributed by atoms with Gasteiger partial charge in [-0.2, -0.15) is 4.98 Å². The maximum Gasteiger partial charge on any atom is 0.316 e. The van der Waals surface area contributed by atoms with Gasteiger partial charge in [-0.15, -0.1) is 0 Å². The lowest BCUT2D eigenvalue weighted by Gasteiger charge is -2.07. The SMILES string of the molecule is CCn1c(=O)c(=O)[nH]c2cc(-c3noc(-c4ccc(Cl)cc4)n3)ccc21. The molecule has 0 spiro atoms. The van der Waals surface area contributed by atoms with E-state index in [1.165, 1.54) is 4.57 Å². The lowest BCUT2D eigenvalue weighted by molar-refractivity contribution is 0.432. The van der Waals surface area contributed by atoms with Gasteiger partial charge in [0.15, 0.2) is 0 Å². The lowest BCUT2D eigenvalue weighted by Crippen LogP contribution is -2.35. The summed E-state index contributed by atoms with van der Waals surface area (Å²) in [4.78, 5) is 30.7. The van der Waals surface area contributed by atoms with E-state index in [4.69, 9.17) is 16.1 Å². The third-order valence-electron chi connectivity index (χ3n) is 4.07. The van der Waals surface area contributed by atoms with E-state index in [1.54, 1.807) is 42.5 Å². The molecule has 0 atom stereocenters. The molecule has 0 aliphatic heterocycles. The zero-order valence-corrected chi connectivity index (χ0v) is 14.4. The van der Waals surface area contributed by atoms with Crippen LogP contribution in [-0.2, 0) is 6.54 Å². The molecule has 26 heavy (non-hydrogen) atoms. The molecule has 0 radical (unpaired) electrons. The minimum atomic E-state index is -0.661. The van der Waals surface area contributed by atoms with Crippen molar-refractivity contribution in [3.05, 3.63) is 68.2 Å². The summed E-state index contributed by atoms with van der Waals surface area (Å²) >= 11 is 5.88. The zero-order chi connectivity index (χ0) is 18.3. The van der Waals surface area contributed by atoms with Crippen molar-refractivity contribution in [1.29, 1.82) is 0 Å². The molecular formula is C18H13ClN4O3. The number of aromatic amines is 1. The molecule has 0 aliphatic carbocycles. The minimum absolute atomic E-state index is 0.365. The lowest BCUT2D eigenvalue weighted by atomic mass is 10.1. The second kappa shape index (κ2) is 6.27. The molecule has 4 aromatic rings. The molecule has 0 bridgehead atoms. The number of halogens is 1. The van der Waals surface area contributed by atoms with Gasteiger partial charge in [0.1, 0.15) is 0 Å². The van der Waals surface area contributed by atoms with E-state index in [-0.39, 0.29) is 0 Å². The van der Waals surface area contributed by atoms with Gasteiger partial charge in [0.05, 0.1) is 11.0 Å². The van der Waals surface area contributed by atoms with Crippen LogP contribution in [0.2, 0.25) is 5.02 Å². The molecule has 0 saturated heterocycles. The second-order valence-corrected chi connectivity index (χ2v) is 6.10. The Balaban J connectivity index is 1.80. The number of rotatable bonds is 3. The number of benzene rings is 2. The molecule has 1 N–H and O–H groups in total. The summed E-state index contributed by atoms with van der Waals surface area (Å²) in [5.41, 5.74) is 1.36. The summed E-state index contributed by atoms with van der Waals surface area (Å²) in [5, 5.41) is 4.61. The Labute approximate surface area is 151 Å². The number of hydrogen-bond donors (Lipinski definition) is 1. The summed E-state index contributed by atoms with van der Waals surface area (Å²) < 4.78 is 6.74. The Morgan fingerprint density at radius 2 is 1.85 bits per heavy atom. The molecule has 7 nitrogen and oxygen atoms in total. The second-order valence-electron chi connectivity index (χ2n) is 5.67. The fourth-order valence-corrected chi connectivity index (χ4v) is 2.91. The Morgan fingerprint density at radius 3 is 2.58 bits per heavy atom. The first-order valence-corrected chi connectivity index (χ1v) is 8.31. The van der Waals surface area contributed by atoms with Gasteiger partial charge < -0.3 is 14.1 Å². The van der Waals surface area contributed by atoms with Crippen LogP contribution in [-0.4, -0.2) is 19.7 Å². The summed E-state index contributed by atoms with van der Waals surface area (Å²) in [6.45, 7) is 2.22. The van der Waals surface area contributed by atoms with Gasteiger partial charge in [0.25, 0.3) is 5.89 Å². The van der Waals surface area contributed by atoms with Gasteiger partial charge in [-0.25, -0.2) is 0 Å². The highest BCUT2D eigenvalue weighted by molar-refractivity contribution is 6.30. The van der Waals surface area contributed by atoms with Crippen molar-refractivity contribution in [3.63, 3.8) is 0 Å². The molecule has 8 heteroatoms. The molecule has 2 aromatic carbocycles. The van der Waals surface area contributed by atoms with Crippen LogP contribution in [0.4, 0.5) is 0 Å². The van der Waals surface area contributed by atoms with Crippen molar-refractivity contribution < 1.29 is 4.52 Å². The van der Waals surface area contributed by atoms with E-state index in [1.807, 2.05) is 6.92 Å². The minimum Gasteiger partial charge on any atom is -0.334 e. The topological polar surface area (TPSA) is 93.8 Å². The molecule has 0 unspecified atom stereocenters. The normalized spacial score (nSPS) is 11.2. The third kappa shape index (κ3) is 2.72. The van der Waals surface area contributed by atoms with Crippen LogP contribution < -0.4 is 11.1 Å². The molecule has 4 rings (SSSR count). The predicted octanol–water partition coefficient (Wildman–Crippen LogP) is 3.08. The number of fused-ring (bicyclic) bond motifs is 1. The smallest absolute Gasteiger partial charge is 0.316 e. The summed E-state index contributed by atoms with van der Waals surface area (Å²) in [6, 6.07) is 12.3. The molecule has 2 heterocycles. The number of aromatic nitrogens is 4. The van der Waals surface area contributed by atoms with Gasteiger partial charge in [-0.1, -0.05) is 16.8 Å².